The number of nitrogens with one attached hydrogen (secondary N) is 1. The largest absolute Gasteiger partial charge is 0.310 e. The molecule has 0 aromatic heterocycles. The fraction of sp³-hybridized carbons (Fsp3) is 0.556. The summed E-state index contributed by atoms with van der Waals surface area (Å²) >= 11 is 0. The maximum absolute atomic E-state index is 3.79. The fourth-order valence-corrected chi connectivity index (χ4v) is 3.15. The third-order valence-corrected chi connectivity index (χ3v) is 4.08. The lowest BCUT2D eigenvalue weighted by atomic mass is 9.71. The van der Waals surface area contributed by atoms with E-state index in [2.05, 4.69) is 50.9 Å². The Morgan fingerprint density at radius 3 is 2.95 bits per heavy atom. The standard InChI is InChI=1S/C18H27N/c1-5-6-7-10-19-17-13-18(3,4)12-15-9-8-14(2)11-16(15)17/h5,8-9,11,17,19H,1,6-7,10,12-13H2,2-4H3. The Balaban J connectivity index is 2.13. The number of rotatable bonds is 5. The first-order valence-corrected chi connectivity index (χ1v) is 7.45. The second kappa shape index (κ2) is 5.92. The topological polar surface area (TPSA) is 12.0 Å². The van der Waals surface area contributed by atoms with Gasteiger partial charge in [-0.25, -0.2) is 0 Å². The molecule has 1 N–H and O–H groups in total. The van der Waals surface area contributed by atoms with E-state index in [1.165, 1.54) is 36.0 Å². The maximum atomic E-state index is 3.79. The van der Waals surface area contributed by atoms with Crippen LogP contribution in [0.3, 0.4) is 0 Å². The predicted molar refractivity (Wildman–Crippen MR) is 83.5 cm³/mol. The number of aryl methyl sites for hydroxylation is 1. The van der Waals surface area contributed by atoms with E-state index >= 15 is 0 Å². The molecule has 1 nitrogen and oxygen atoms in total. The van der Waals surface area contributed by atoms with Gasteiger partial charge in [-0.1, -0.05) is 43.7 Å². The molecule has 0 amide bonds. The van der Waals surface area contributed by atoms with E-state index in [9.17, 15) is 0 Å². The third kappa shape index (κ3) is 3.70. The van der Waals surface area contributed by atoms with E-state index in [-0.39, 0.29) is 0 Å². The van der Waals surface area contributed by atoms with Crippen LogP contribution in [0.5, 0.6) is 0 Å². The summed E-state index contributed by atoms with van der Waals surface area (Å²) in [5, 5.41) is 3.75. The van der Waals surface area contributed by atoms with Crippen molar-refractivity contribution in [3.05, 3.63) is 47.5 Å². The van der Waals surface area contributed by atoms with E-state index in [1.54, 1.807) is 0 Å². The number of fused-ring (bicyclic) bond motifs is 1. The van der Waals surface area contributed by atoms with Crippen molar-refractivity contribution in [3.8, 4) is 0 Å². The Hall–Kier alpha value is -1.08. The van der Waals surface area contributed by atoms with Crippen molar-refractivity contribution in [2.75, 3.05) is 6.54 Å². The van der Waals surface area contributed by atoms with Crippen LogP contribution in [0.25, 0.3) is 0 Å². The second-order valence-electron chi connectivity index (χ2n) is 6.68. The molecule has 0 radical (unpaired) electrons. The molecule has 1 aliphatic rings. The molecule has 0 saturated heterocycles. The van der Waals surface area contributed by atoms with Crippen molar-refractivity contribution in [3.63, 3.8) is 0 Å². The third-order valence-electron chi connectivity index (χ3n) is 4.08. The molecule has 1 aromatic rings. The number of unbranched alkanes of at least 4 members (excludes halogenated alkanes) is 1. The van der Waals surface area contributed by atoms with Gasteiger partial charge >= 0.3 is 0 Å². The van der Waals surface area contributed by atoms with E-state index in [1.807, 2.05) is 6.08 Å². The van der Waals surface area contributed by atoms with Crippen LogP contribution in [0.4, 0.5) is 0 Å². The monoisotopic (exact) mass is 257 g/mol. The maximum Gasteiger partial charge on any atom is 0.0328 e. The van der Waals surface area contributed by atoms with Gasteiger partial charge < -0.3 is 5.32 Å². The summed E-state index contributed by atoms with van der Waals surface area (Å²) < 4.78 is 0. The highest BCUT2D eigenvalue weighted by atomic mass is 14.9. The molecule has 1 aliphatic carbocycles. The quantitative estimate of drug-likeness (QED) is 0.602. The van der Waals surface area contributed by atoms with Crippen molar-refractivity contribution in [1.82, 2.24) is 5.32 Å². The normalized spacial score (nSPS) is 20.9. The fourth-order valence-electron chi connectivity index (χ4n) is 3.15. The molecule has 0 spiro atoms. The highest BCUT2D eigenvalue weighted by molar-refractivity contribution is 5.37. The molecule has 0 saturated carbocycles. The SMILES string of the molecule is C=CCCCNC1CC(C)(C)Cc2ccc(C)cc21. The second-order valence-corrected chi connectivity index (χ2v) is 6.68. The minimum Gasteiger partial charge on any atom is -0.310 e. The van der Waals surface area contributed by atoms with Gasteiger partial charge in [-0.05, 0) is 55.7 Å². The summed E-state index contributed by atoms with van der Waals surface area (Å²) in [7, 11) is 0. The van der Waals surface area contributed by atoms with E-state index in [4.69, 9.17) is 0 Å². The highest BCUT2D eigenvalue weighted by Gasteiger charge is 2.31. The Morgan fingerprint density at radius 1 is 1.42 bits per heavy atom. The number of hydrogen-bond acceptors (Lipinski definition) is 1. The average molecular weight is 257 g/mol. The van der Waals surface area contributed by atoms with Crippen LogP contribution in [-0.4, -0.2) is 6.54 Å². The van der Waals surface area contributed by atoms with E-state index < -0.39 is 0 Å². The Morgan fingerprint density at radius 2 is 2.21 bits per heavy atom. The van der Waals surface area contributed by atoms with Crippen LogP contribution >= 0.6 is 0 Å². The van der Waals surface area contributed by atoms with Gasteiger partial charge in [0.15, 0.2) is 0 Å². The zero-order valence-corrected chi connectivity index (χ0v) is 12.6. The van der Waals surface area contributed by atoms with Crippen molar-refractivity contribution < 1.29 is 0 Å². The van der Waals surface area contributed by atoms with Crippen LogP contribution < -0.4 is 5.32 Å². The van der Waals surface area contributed by atoms with E-state index in [0.717, 1.165) is 13.0 Å². The summed E-state index contributed by atoms with van der Waals surface area (Å²) in [6.45, 7) is 11.8. The highest BCUT2D eigenvalue weighted by Crippen LogP contribution is 2.40. The smallest absolute Gasteiger partial charge is 0.0328 e. The molecular formula is C18H27N. The zero-order chi connectivity index (χ0) is 13.9. The average Bonchev–Trinajstić information content (AvgIpc) is 2.34. The van der Waals surface area contributed by atoms with Gasteiger partial charge in [-0.2, -0.15) is 0 Å². The lowest BCUT2D eigenvalue weighted by molar-refractivity contribution is 0.258. The van der Waals surface area contributed by atoms with Gasteiger partial charge in [-0.15, -0.1) is 6.58 Å². The van der Waals surface area contributed by atoms with Crippen LogP contribution in [0.15, 0.2) is 30.9 Å². The first kappa shape index (κ1) is 14.3. The van der Waals surface area contributed by atoms with Gasteiger partial charge in [0.25, 0.3) is 0 Å². The summed E-state index contributed by atoms with van der Waals surface area (Å²) in [4.78, 5) is 0. The lowest BCUT2D eigenvalue weighted by Crippen LogP contribution is -2.33. The van der Waals surface area contributed by atoms with Gasteiger partial charge in [-0.3, -0.25) is 0 Å². The summed E-state index contributed by atoms with van der Waals surface area (Å²) in [5.41, 5.74) is 4.83. The molecule has 0 fully saturated rings. The zero-order valence-electron chi connectivity index (χ0n) is 12.6. The van der Waals surface area contributed by atoms with Gasteiger partial charge in [0.1, 0.15) is 0 Å². The molecule has 1 aromatic carbocycles. The van der Waals surface area contributed by atoms with Crippen LogP contribution in [0.1, 0.15) is 55.8 Å². The molecule has 2 rings (SSSR count). The summed E-state index contributed by atoms with van der Waals surface area (Å²) in [6.07, 6.45) is 6.72. The van der Waals surface area contributed by atoms with Gasteiger partial charge in [0.05, 0.1) is 0 Å². The molecule has 19 heavy (non-hydrogen) atoms. The van der Waals surface area contributed by atoms with Crippen molar-refractivity contribution in [2.45, 2.75) is 52.5 Å². The van der Waals surface area contributed by atoms with Crippen molar-refractivity contribution in [2.24, 2.45) is 5.41 Å². The van der Waals surface area contributed by atoms with Crippen molar-refractivity contribution >= 4 is 0 Å². The number of allylic oxidation sites excluding steroid dienone is 1. The number of benzene rings is 1. The van der Waals surface area contributed by atoms with Crippen molar-refractivity contribution in [1.29, 1.82) is 0 Å². The summed E-state index contributed by atoms with van der Waals surface area (Å²) in [6, 6.07) is 7.46. The molecule has 104 valence electrons. The van der Waals surface area contributed by atoms with Gasteiger partial charge in [0.2, 0.25) is 0 Å². The number of hydrogen-bond donors (Lipinski definition) is 1. The minimum absolute atomic E-state index is 0.401. The molecule has 0 aliphatic heterocycles. The Kier molecular flexibility index (Phi) is 4.46. The molecule has 1 unspecified atom stereocenters. The molecule has 1 heteroatoms. The minimum atomic E-state index is 0.401. The van der Waals surface area contributed by atoms with E-state index in [0.29, 0.717) is 11.5 Å². The Labute approximate surface area is 118 Å². The van der Waals surface area contributed by atoms with Crippen LogP contribution in [-0.2, 0) is 6.42 Å². The van der Waals surface area contributed by atoms with Crippen LogP contribution in [0, 0.1) is 12.3 Å². The Bertz CT molecular complexity index is 445. The first-order chi connectivity index (χ1) is 9.02. The molecule has 1 atom stereocenters. The summed E-state index contributed by atoms with van der Waals surface area (Å²) in [5.74, 6) is 0. The molecular weight excluding hydrogens is 230 g/mol. The lowest BCUT2D eigenvalue weighted by Gasteiger charge is -2.38. The van der Waals surface area contributed by atoms with Gasteiger partial charge in [0, 0.05) is 6.04 Å². The first-order valence-electron chi connectivity index (χ1n) is 7.45. The molecule has 0 heterocycles. The molecule has 0 bridgehead atoms. The predicted octanol–water partition coefficient (Wildman–Crippen LogP) is 4.56. The van der Waals surface area contributed by atoms with Crippen LogP contribution in [0.2, 0.25) is 0 Å².